The largest absolute Gasteiger partial charge is 0.481 e. The molecule has 1 aromatic rings. The number of benzene rings is 1. The van der Waals surface area contributed by atoms with Crippen molar-refractivity contribution in [3.63, 3.8) is 0 Å². The minimum absolute atomic E-state index is 0.0438. The van der Waals surface area contributed by atoms with Crippen LogP contribution in [0.1, 0.15) is 142 Å². The molecule has 0 bridgehead atoms. The van der Waals surface area contributed by atoms with Crippen LogP contribution in [0.15, 0.2) is 36.4 Å². The number of aromatic carboxylic acids is 1. The van der Waals surface area contributed by atoms with Gasteiger partial charge >= 0.3 is 17.9 Å². The van der Waals surface area contributed by atoms with Crippen LogP contribution < -0.4 is 5.32 Å². The third kappa shape index (κ3) is 5.75. The maximum absolute atomic E-state index is 14.5. The van der Waals surface area contributed by atoms with Gasteiger partial charge in [-0.25, -0.2) is 4.79 Å². The predicted molar refractivity (Wildman–Crippen MR) is 200 cm³/mol. The zero-order chi connectivity index (χ0) is 38.2. The predicted octanol–water partition coefficient (Wildman–Crippen LogP) is 9.07. The molecule has 0 heterocycles. The average Bonchev–Trinajstić information content (AvgIpc) is 3.46. The van der Waals surface area contributed by atoms with E-state index in [-0.39, 0.29) is 64.0 Å². The highest BCUT2D eigenvalue weighted by Crippen LogP contribution is 2.77. The van der Waals surface area contributed by atoms with Gasteiger partial charge in [0.1, 0.15) is 6.10 Å². The number of carbonyl (C=O) groups is 4. The van der Waals surface area contributed by atoms with Crippen LogP contribution in [0.2, 0.25) is 0 Å². The van der Waals surface area contributed by atoms with E-state index in [2.05, 4.69) is 53.4 Å². The molecule has 3 N–H and O–H groups in total. The summed E-state index contributed by atoms with van der Waals surface area (Å²) < 4.78 is 6.16. The van der Waals surface area contributed by atoms with Crippen molar-refractivity contribution in [2.45, 2.75) is 139 Å². The first-order valence-corrected chi connectivity index (χ1v) is 19.8. The zero-order valence-corrected chi connectivity index (χ0v) is 32.9. The standard InChI is InChI=1S/C44H63NO7/c1-26(2)28-16-21-44(37(49)45-25-27-12-10-11-13-29(27)36(47)48)23-22-42(8)30(35(28)44)14-15-32-41(7)19-18-33(52-34(46)24-39(3,4)38(50)51)40(5,6)31(41)17-20-43(32,42)9/h10-13,28,30-33,35H,1,14-25H2,2-9H3,(H,45,49)(H,47,48)(H,50,51)/t28-,30+,31-,32+,33-,35+,41-,42+,43+,44-/m0/s1. The topological polar surface area (TPSA) is 130 Å². The normalized spacial score (nSPS) is 39.2. The molecule has 8 heteroatoms. The molecular formula is C44H63NO7. The van der Waals surface area contributed by atoms with Crippen molar-refractivity contribution in [2.75, 3.05) is 0 Å². The molecule has 8 nitrogen and oxygen atoms in total. The molecule has 5 saturated carbocycles. The molecule has 5 aliphatic carbocycles. The average molecular weight is 718 g/mol. The van der Waals surface area contributed by atoms with Crippen molar-refractivity contribution < 1.29 is 34.1 Å². The van der Waals surface area contributed by atoms with Crippen molar-refractivity contribution >= 4 is 23.8 Å². The lowest BCUT2D eigenvalue weighted by atomic mass is 9.32. The third-order valence-corrected chi connectivity index (χ3v) is 16.6. The third-order valence-electron chi connectivity index (χ3n) is 16.6. The minimum Gasteiger partial charge on any atom is -0.481 e. The van der Waals surface area contributed by atoms with Gasteiger partial charge in [0.15, 0.2) is 0 Å². The Morgan fingerprint density at radius 3 is 2.21 bits per heavy atom. The van der Waals surface area contributed by atoms with Crippen molar-refractivity contribution in [2.24, 2.45) is 62.1 Å². The Labute approximate surface area is 310 Å². The van der Waals surface area contributed by atoms with E-state index in [0.29, 0.717) is 23.3 Å². The highest BCUT2D eigenvalue weighted by molar-refractivity contribution is 5.90. The van der Waals surface area contributed by atoms with Gasteiger partial charge in [-0.2, -0.15) is 0 Å². The summed E-state index contributed by atoms with van der Waals surface area (Å²) in [6, 6.07) is 6.93. The van der Waals surface area contributed by atoms with Crippen LogP contribution in [-0.4, -0.2) is 40.1 Å². The lowest BCUT2D eigenvalue weighted by Gasteiger charge is -2.72. The molecule has 0 saturated heterocycles. The number of hydrogen-bond donors (Lipinski definition) is 3. The number of carboxylic acids is 2. The lowest BCUT2D eigenvalue weighted by molar-refractivity contribution is -0.249. The molecule has 0 aliphatic heterocycles. The van der Waals surface area contributed by atoms with E-state index in [0.717, 1.165) is 64.2 Å². The number of carbonyl (C=O) groups excluding carboxylic acids is 2. The first-order chi connectivity index (χ1) is 24.2. The summed E-state index contributed by atoms with van der Waals surface area (Å²) in [5.41, 5.74) is 0.315. The first-order valence-electron chi connectivity index (χ1n) is 19.8. The molecule has 1 aromatic carbocycles. The maximum Gasteiger partial charge on any atom is 0.336 e. The molecule has 5 aliphatic rings. The van der Waals surface area contributed by atoms with Crippen molar-refractivity contribution in [1.29, 1.82) is 0 Å². The summed E-state index contributed by atoms with van der Waals surface area (Å²) in [6.07, 6.45) is 9.33. The van der Waals surface area contributed by atoms with Gasteiger partial charge in [0, 0.05) is 12.0 Å². The second-order valence-electron chi connectivity index (χ2n) is 19.7. The highest BCUT2D eigenvalue weighted by atomic mass is 16.5. The summed E-state index contributed by atoms with van der Waals surface area (Å²) >= 11 is 0. The Morgan fingerprint density at radius 1 is 0.865 bits per heavy atom. The van der Waals surface area contributed by atoms with Gasteiger partial charge in [-0.1, -0.05) is 65.0 Å². The second-order valence-corrected chi connectivity index (χ2v) is 19.7. The van der Waals surface area contributed by atoms with Gasteiger partial charge in [0.05, 0.1) is 22.8 Å². The second kappa shape index (κ2) is 13.0. The Morgan fingerprint density at radius 2 is 1.56 bits per heavy atom. The smallest absolute Gasteiger partial charge is 0.336 e. The summed E-state index contributed by atoms with van der Waals surface area (Å²) in [5.74, 6) is -0.595. The van der Waals surface area contributed by atoms with Gasteiger partial charge in [-0.15, -0.1) is 0 Å². The van der Waals surface area contributed by atoms with Crippen molar-refractivity contribution in [3.05, 3.63) is 47.5 Å². The number of rotatable bonds is 9. The van der Waals surface area contributed by atoms with E-state index in [1.165, 1.54) is 5.57 Å². The molecule has 286 valence electrons. The fourth-order valence-electron chi connectivity index (χ4n) is 13.6. The van der Waals surface area contributed by atoms with Gasteiger partial charge in [-0.3, -0.25) is 14.4 Å². The number of nitrogens with one attached hydrogen (secondary N) is 1. The molecule has 6 rings (SSSR count). The number of amides is 1. The SMILES string of the molecule is C=C(C)[C@@H]1CC[C@]2(C(=O)NCc3ccccc3C(=O)O)CC[C@]3(C)[C@H](CC[C@@H]4[C@@]5(C)CC[C@H](OC(=O)CC(C)(C)C(=O)O)C(C)(C)[C@@H]5CC[C@]43C)[C@@H]12. The van der Waals surface area contributed by atoms with Crippen LogP contribution in [0, 0.1) is 62.1 Å². The van der Waals surface area contributed by atoms with E-state index in [9.17, 15) is 29.4 Å². The van der Waals surface area contributed by atoms with E-state index in [4.69, 9.17) is 4.74 Å². The monoisotopic (exact) mass is 717 g/mol. The van der Waals surface area contributed by atoms with Crippen LogP contribution in [0.4, 0.5) is 0 Å². The van der Waals surface area contributed by atoms with E-state index < -0.39 is 28.7 Å². The summed E-state index contributed by atoms with van der Waals surface area (Å²) in [4.78, 5) is 51.3. The molecule has 52 heavy (non-hydrogen) atoms. The number of aliphatic carboxylic acids is 1. The summed E-state index contributed by atoms with van der Waals surface area (Å²) in [7, 11) is 0. The van der Waals surface area contributed by atoms with Crippen LogP contribution in [-0.2, 0) is 25.7 Å². The first kappa shape index (κ1) is 38.6. The van der Waals surface area contributed by atoms with Crippen molar-refractivity contribution in [1.82, 2.24) is 5.32 Å². The zero-order valence-electron chi connectivity index (χ0n) is 32.9. The van der Waals surface area contributed by atoms with Crippen LogP contribution in [0.25, 0.3) is 0 Å². The number of allylic oxidation sites excluding steroid dienone is 1. The quantitative estimate of drug-likeness (QED) is 0.172. The molecule has 1 amide bonds. The molecular weight excluding hydrogens is 654 g/mol. The van der Waals surface area contributed by atoms with E-state index in [1.54, 1.807) is 32.0 Å². The molecule has 5 fully saturated rings. The van der Waals surface area contributed by atoms with Crippen LogP contribution >= 0.6 is 0 Å². The van der Waals surface area contributed by atoms with Crippen molar-refractivity contribution in [3.8, 4) is 0 Å². The Balaban J connectivity index is 1.25. The molecule has 0 spiro atoms. The molecule has 10 atom stereocenters. The van der Waals surface area contributed by atoms with Gasteiger partial charge in [0.25, 0.3) is 0 Å². The number of fused-ring (bicyclic) bond motifs is 7. The number of esters is 1. The maximum atomic E-state index is 14.5. The van der Waals surface area contributed by atoms with Crippen LogP contribution in [0.5, 0.6) is 0 Å². The van der Waals surface area contributed by atoms with Gasteiger partial charge in [0.2, 0.25) is 5.91 Å². The van der Waals surface area contributed by atoms with E-state index >= 15 is 0 Å². The van der Waals surface area contributed by atoms with Crippen LogP contribution in [0.3, 0.4) is 0 Å². The summed E-state index contributed by atoms with van der Waals surface area (Å²) in [5, 5.41) is 22.6. The summed E-state index contributed by atoms with van der Waals surface area (Å²) in [6.45, 7) is 22.1. The Bertz CT molecular complexity index is 1650. The molecule has 0 radical (unpaired) electrons. The fourth-order valence-corrected chi connectivity index (χ4v) is 13.6. The number of hydrogen-bond acceptors (Lipinski definition) is 5. The highest BCUT2D eigenvalue weighted by Gasteiger charge is 2.72. The van der Waals surface area contributed by atoms with Gasteiger partial charge < -0.3 is 20.3 Å². The number of ether oxygens (including phenoxy) is 1. The lowest BCUT2D eigenvalue weighted by Crippen LogP contribution is -2.67. The minimum atomic E-state index is -1.17. The van der Waals surface area contributed by atoms with E-state index in [1.807, 2.05) is 6.07 Å². The fraction of sp³-hybridized carbons (Fsp3) is 0.727. The molecule has 0 aromatic heterocycles. The molecule has 0 unspecified atom stereocenters. The Kier molecular flexibility index (Phi) is 9.64. The number of carboxylic acid groups (broad SMARTS) is 2. The Hall–Kier alpha value is -3.16. The van der Waals surface area contributed by atoms with Gasteiger partial charge in [-0.05, 0) is 142 Å².